The number of thioether (sulfide) groups is 1. The van der Waals surface area contributed by atoms with Gasteiger partial charge in [0.05, 0.1) is 13.1 Å². The third kappa shape index (κ3) is 2.56. The number of hydrogen-bond acceptors (Lipinski definition) is 5. The molecule has 0 saturated heterocycles. The van der Waals surface area contributed by atoms with Gasteiger partial charge in [0.1, 0.15) is 5.56 Å². The van der Waals surface area contributed by atoms with Crippen LogP contribution >= 0.6 is 11.8 Å². The lowest BCUT2D eigenvalue weighted by atomic mass is 9.94. The van der Waals surface area contributed by atoms with Crippen molar-refractivity contribution in [2.24, 2.45) is 12.0 Å². The molecule has 0 fully saturated rings. The molecule has 0 aromatic carbocycles. The van der Waals surface area contributed by atoms with Crippen LogP contribution in [0.4, 0.5) is 0 Å². The van der Waals surface area contributed by atoms with Crippen LogP contribution < -0.4 is 10.9 Å². The van der Waals surface area contributed by atoms with Crippen LogP contribution in [-0.4, -0.2) is 40.2 Å². The normalized spacial score (nSPS) is 18.8. The van der Waals surface area contributed by atoms with E-state index in [0.29, 0.717) is 6.54 Å². The second kappa shape index (κ2) is 6.12. The van der Waals surface area contributed by atoms with E-state index in [1.807, 2.05) is 5.41 Å². The molecular formula is C17H20N4O2S. The molecule has 0 radical (unpaired) electrons. The number of nitrogens with zero attached hydrogens (tertiary/aromatic N) is 3. The van der Waals surface area contributed by atoms with Crippen LogP contribution in [0, 0.1) is 0 Å². The van der Waals surface area contributed by atoms with Gasteiger partial charge in [-0.05, 0) is 37.3 Å². The molecule has 1 amide bonds. The molecule has 1 N–H and O–H groups in total. The molecule has 126 valence electrons. The maximum Gasteiger partial charge on any atom is 0.263 e. The number of nitrogens with one attached hydrogen (secondary N) is 1. The fourth-order valence-electron chi connectivity index (χ4n) is 3.53. The van der Waals surface area contributed by atoms with Crippen molar-refractivity contribution < 1.29 is 4.79 Å². The zero-order chi connectivity index (χ0) is 16.7. The Morgan fingerprint density at radius 3 is 3.08 bits per heavy atom. The molecule has 1 aromatic heterocycles. The van der Waals surface area contributed by atoms with Crippen LogP contribution in [0.1, 0.15) is 34.5 Å². The van der Waals surface area contributed by atoms with Gasteiger partial charge in [0.2, 0.25) is 0 Å². The zero-order valence-electron chi connectivity index (χ0n) is 13.7. The molecule has 7 heteroatoms. The van der Waals surface area contributed by atoms with Crippen molar-refractivity contribution in [1.82, 2.24) is 14.8 Å². The van der Waals surface area contributed by atoms with Crippen molar-refractivity contribution in [1.29, 1.82) is 0 Å². The predicted octanol–water partition coefficient (Wildman–Crippen LogP) is 1.25. The average molecular weight is 344 g/mol. The molecule has 24 heavy (non-hydrogen) atoms. The number of carbonyl (C=O) groups excluding carboxylic acids is 1. The average Bonchev–Trinajstić information content (AvgIpc) is 3.20. The molecule has 1 aromatic rings. The number of aromatic nitrogens is 1. The van der Waals surface area contributed by atoms with Crippen molar-refractivity contribution in [2.45, 2.75) is 25.7 Å². The second-order valence-corrected chi connectivity index (χ2v) is 7.16. The maximum atomic E-state index is 12.5. The predicted molar refractivity (Wildman–Crippen MR) is 95.3 cm³/mol. The zero-order valence-corrected chi connectivity index (χ0v) is 14.5. The summed E-state index contributed by atoms with van der Waals surface area (Å²) in [4.78, 5) is 31.6. The van der Waals surface area contributed by atoms with Crippen molar-refractivity contribution in [3.8, 4) is 0 Å². The first-order chi connectivity index (χ1) is 11.6. The fourth-order valence-corrected chi connectivity index (χ4v) is 4.49. The number of aryl methyl sites for hydroxylation is 1. The number of hydrogen-bond donors (Lipinski definition) is 1. The highest BCUT2D eigenvalue weighted by Gasteiger charge is 2.26. The summed E-state index contributed by atoms with van der Waals surface area (Å²) in [6.07, 6.45) is 4.09. The van der Waals surface area contributed by atoms with Gasteiger partial charge in [0, 0.05) is 30.4 Å². The van der Waals surface area contributed by atoms with Crippen molar-refractivity contribution in [3.63, 3.8) is 0 Å². The highest BCUT2D eigenvalue weighted by molar-refractivity contribution is 8.16. The van der Waals surface area contributed by atoms with Gasteiger partial charge in [0.25, 0.3) is 11.5 Å². The van der Waals surface area contributed by atoms with Gasteiger partial charge in [-0.2, -0.15) is 0 Å². The molecule has 3 heterocycles. The van der Waals surface area contributed by atoms with Crippen molar-refractivity contribution >= 4 is 22.8 Å². The Hall–Kier alpha value is -2.02. The van der Waals surface area contributed by atoms with Crippen LogP contribution in [0.2, 0.25) is 0 Å². The van der Waals surface area contributed by atoms with Gasteiger partial charge < -0.3 is 14.8 Å². The van der Waals surface area contributed by atoms with Crippen LogP contribution in [0.3, 0.4) is 0 Å². The topological polar surface area (TPSA) is 66.7 Å². The first-order valence-corrected chi connectivity index (χ1v) is 9.21. The summed E-state index contributed by atoms with van der Waals surface area (Å²) in [5.41, 5.74) is 3.30. The summed E-state index contributed by atoms with van der Waals surface area (Å²) >= 11 is 1.59. The van der Waals surface area contributed by atoms with E-state index < -0.39 is 0 Å². The highest BCUT2D eigenvalue weighted by Crippen LogP contribution is 2.28. The number of rotatable bonds is 3. The lowest BCUT2D eigenvalue weighted by Crippen LogP contribution is -2.37. The highest BCUT2D eigenvalue weighted by atomic mass is 32.2. The third-order valence-corrected chi connectivity index (χ3v) is 5.81. The minimum absolute atomic E-state index is 0.202. The van der Waals surface area contributed by atoms with Gasteiger partial charge in [0.15, 0.2) is 5.17 Å². The molecule has 0 bridgehead atoms. The monoisotopic (exact) mass is 344 g/mol. The molecule has 0 saturated carbocycles. The van der Waals surface area contributed by atoms with Gasteiger partial charge in [-0.15, -0.1) is 0 Å². The number of carbonyl (C=O) groups is 1. The van der Waals surface area contributed by atoms with E-state index in [1.54, 1.807) is 29.4 Å². The molecule has 6 nitrogen and oxygen atoms in total. The minimum atomic E-state index is -0.292. The summed E-state index contributed by atoms with van der Waals surface area (Å²) in [5, 5.41) is 5.92. The summed E-state index contributed by atoms with van der Waals surface area (Å²) in [5.74, 6) is -0.292. The Morgan fingerprint density at radius 2 is 2.21 bits per heavy atom. The van der Waals surface area contributed by atoms with E-state index in [1.165, 1.54) is 0 Å². The summed E-state index contributed by atoms with van der Waals surface area (Å²) in [6, 6.07) is 1.80. The van der Waals surface area contributed by atoms with E-state index in [4.69, 9.17) is 0 Å². The Balaban J connectivity index is 1.52. The van der Waals surface area contributed by atoms with E-state index in [9.17, 15) is 9.59 Å². The Labute approximate surface area is 144 Å². The third-order valence-electron chi connectivity index (χ3n) is 4.86. The summed E-state index contributed by atoms with van der Waals surface area (Å²) in [7, 11) is 1.77. The molecule has 4 rings (SSSR count). The maximum absolute atomic E-state index is 12.5. The Kier molecular flexibility index (Phi) is 3.96. The van der Waals surface area contributed by atoms with Crippen LogP contribution in [0.25, 0.3) is 0 Å². The quantitative estimate of drug-likeness (QED) is 0.896. The first kappa shape index (κ1) is 15.5. The van der Waals surface area contributed by atoms with Gasteiger partial charge in [-0.25, -0.2) is 0 Å². The van der Waals surface area contributed by atoms with Crippen molar-refractivity contribution in [3.05, 3.63) is 44.3 Å². The molecule has 0 unspecified atom stereocenters. The van der Waals surface area contributed by atoms with Crippen LogP contribution in [0.15, 0.2) is 27.0 Å². The fraction of sp³-hybridized carbons (Fsp3) is 0.471. The number of pyridine rings is 1. The summed E-state index contributed by atoms with van der Waals surface area (Å²) < 4.78 is 1.65. The van der Waals surface area contributed by atoms with Gasteiger partial charge in [-0.1, -0.05) is 11.8 Å². The SMILES string of the molecule is Cn1c2c(cc(C(=O)NCC3=CSC4=NCCN34)c1=O)CCCC2. The number of fused-ring (bicyclic) bond motifs is 2. The number of amides is 1. The molecule has 1 aliphatic carbocycles. The lowest BCUT2D eigenvalue weighted by Gasteiger charge is -2.20. The van der Waals surface area contributed by atoms with E-state index in [2.05, 4.69) is 15.2 Å². The Bertz CT molecular complexity index is 825. The molecule has 0 spiro atoms. The van der Waals surface area contributed by atoms with E-state index >= 15 is 0 Å². The summed E-state index contributed by atoms with van der Waals surface area (Å²) in [6.45, 7) is 2.09. The van der Waals surface area contributed by atoms with Crippen molar-refractivity contribution in [2.75, 3.05) is 19.6 Å². The molecule has 2 aliphatic heterocycles. The van der Waals surface area contributed by atoms with E-state index in [-0.39, 0.29) is 17.0 Å². The van der Waals surface area contributed by atoms with Crippen LogP contribution in [-0.2, 0) is 19.9 Å². The molecule has 0 atom stereocenters. The van der Waals surface area contributed by atoms with Gasteiger partial charge >= 0.3 is 0 Å². The molecule has 3 aliphatic rings. The van der Waals surface area contributed by atoms with Crippen LogP contribution in [0.5, 0.6) is 0 Å². The molecular weight excluding hydrogens is 324 g/mol. The standard InChI is InChI=1S/C17H20N4O2S/c1-20-14-5-3-2-4-11(14)8-13(16(20)23)15(22)19-9-12-10-24-17-18-6-7-21(12)17/h8,10H,2-7,9H2,1H3,(H,19,22). The van der Waals surface area contributed by atoms with E-state index in [0.717, 1.165) is 60.9 Å². The smallest absolute Gasteiger partial charge is 0.263 e. The largest absolute Gasteiger partial charge is 0.346 e. The van der Waals surface area contributed by atoms with Gasteiger partial charge in [-0.3, -0.25) is 14.6 Å². The second-order valence-electron chi connectivity index (χ2n) is 6.33. The number of amidine groups is 1. The lowest BCUT2D eigenvalue weighted by molar-refractivity contribution is 0.0953. The number of aliphatic imine (C=N–C) groups is 1. The minimum Gasteiger partial charge on any atom is -0.346 e. The first-order valence-electron chi connectivity index (χ1n) is 8.33. The Morgan fingerprint density at radius 1 is 1.38 bits per heavy atom.